The first-order valence-corrected chi connectivity index (χ1v) is 10.6. The summed E-state index contributed by atoms with van der Waals surface area (Å²) in [5, 5.41) is 11.7. The molecule has 1 atom stereocenters. The summed E-state index contributed by atoms with van der Waals surface area (Å²) in [4.78, 5) is 6.26. The molecule has 1 unspecified atom stereocenters. The molecule has 0 spiro atoms. The largest absolute Gasteiger partial charge is 0.489 e. The van der Waals surface area contributed by atoms with Gasteiger partial charge in [0.2, 0.25) is 11.8 Å². The summed E-state index contributed by atoms with van der Waals surface area (Å²) >= 11 is 0. The third-order valence-corrected chi connectivity index (χ3v) is 5.55. The van der Waals surface area contributed by atoms with E-state index in [1.165, 1.54) is 12.3 Å². The van der Waals surface area contributed by atoms with Crippen LogP contribution in [0.15, 0.2) is 30.5 Å². The Balaban J connectivity index is 1.20. The van der Waals surface area contributed by atoms with Crippen molar-refractivity contribution in [2.45, 2.75) is 51.0 Å². The predicted molar refractivity (Wildman–Crippen MR) is 109 cm³/mol. The number of halogens is 2. The number of alkyl halides is 2. The monoisotopic (exact) mass is 435 g/mol. The van der Waals surface area contributed by atoms with Crippen molar-refractivity contribution in [3.05, 3.63) is 36.2 Å². The number of ether oxygens (including phenoxy) is 3. The number of nitrogens with one attached hydrogen (secondary N) is 1. The van der Waals surface area contributed by atoms with Gasteiger partial charge in [0, 0.05) is 50.8 Å². The van der Waals surface area contributed by atoms with Crippen LogP contribution in [0, 0.1) is 0 Å². The molecular formula is C21H27F2N5O3. The van der Waals surface area contributed by atoms with Gasteiger partial charge in [0.25, 0.3) is 0 Å². The van der Waals surface area contributed by atoms with E-state index in [9.17, 15) is 8.78 Å². The van der Waals surface area contributed by atoms with Gasteiger partial charge in [-0.05, 0) is 31.9 Å². The van der Waals surface area contributed by atoms with E-state index in [2.05, 4.69) is 37.1 Å². The fourth-order valence-electron chi connectivity index (χ4n) is 3.69. The summed E-state index contributed by atoms with van der Waals surface area (Å²) in [7, 11) is 0. The fourth-order valence-corrected chi connectivity index (χ4v) is 3.69. The molecule has 2 aromatic heterocycles. The second-order valence-electron chi connectivity index (χ2n) is 7.88. The highest BCUT2D eigenvalue weighted by Gasteiger charge is 2.25. The molecule has 2 aliphatic rings. The van der Waals surface area contributed by atoms with Gasteiger partial charge in [-0.2, -0.15) is 13.9 Å². The molecule has 4 rings (SSSR count). The molecule has 0 amide bonds. The maximum absolute atomic E-state index is 12.2. The van der Waals surface area contributed by atoms with E-state index < -0.39 is 6.61 Å². The number of rotatable bonds is 9. The van der Waals surface area contributed by atoms with Crippen molar-refractivity contribution in [1.29, 1.82) is 0 Å². The first-order chi connectivity index (χ1) is 15.0. The Morgan fingerprint density at radius 2 is 1.81 bits per heavy atom. The lowest BCUT2D eigenvalue weighted by molar-refractivity contribution is -0.0529. The minimum atomic E-state index is -2.88. The van der Waals surface area contributed by atoms with Crippen molar-refractivity contribution in [2.24, 2.45) is 0 Å². The lowest BCUT2D eigenvalue weighted by Gasteiger charge is -2.36. The molecule has 8 nitrogen and oxygen atoms in total. The molecule has 31 heavy (non-hydrogen) atoms. The Morgan fingerprint density at radius 1 is 1.03 bits per heavy atom. The van der Waals surface area contributed by atoms with Crippen LogP contribution >= 0.6 is 0 Å². The van der Waals surface area contributed by atoms with Crippen LogP contribution in [0.3, 0.4) is 0 Å². The number of piperidine rings is 1. The van der Waals surface area contributed by atoms with Gasteiger partial charge in [-0.3, -0.25) is 4.90 Å². The molecule has 10 heteroatoms. The first kappa shape index (κ1) is 21.6. The Labute approximate surface area is 179 Å². The SMILES string of the molecule is CC(Cc1ccc(OC2CNC2)nn1)N1CCC(Oc2ccc(OC(F)F)nc2)CC1. The van der Waals surface area contributed by atoms with Crippen LogP contribution < -0.4 is 19.5 Å². The minimum Gasteiger partial charge on any atom is -0.489 e. The molecule has 2 aliphatic heterocycles. The van der Waals surface area contributed by atoms with Crippen molar-refractivity contribution in [2.75, 3.05) is 26.2 Å². The zero-order chi connectivity index (χ0) is 21.6. The number of pyridine rings is 1. The van der Waals surface area contributed by atoms with Gasteiger partial charge < -0.3 is 19.5 Å². The highest BCUT2D eigenvalue weighted by Crippen LogP contribution is 2.22. The minimum absolute atomic E-state index is 0.0735. The average molecular weight is 435 g/mol. The Kier molecular flexibility index (Phi) is 7.08. The topological polar surface area (TPSA) is 81.6 Å². The van der Waals surface area contributed by atoms with E-state index in [4.69, 9.17) is 9.47 Å². The quantitative estimate of drug-likeness (QED) is 0.643. The van der Waals surface area contributed by atoms with E-state index in [0.29, 0.717) is 17.7 Å². The molecule has 168 valence electrons. The van der Waals surface area contributed by atoms with E-state index in [1.807, 2.05) is 12.1 Å². The number of likely N-dealkylation sites (tertiary alicyclic amines) is 1. The van der Waals surface area contributed by atoms with Gasteiger partial charge in [0.15, 0.2) is 0 Å². The van der Waals surface area contributed by atoms with Gasteiger partial charge in [0.1, 0.15) is 18.0 Å². The normalized spacial score (nSPS) is 19.1. The lowest BCUT2D eigenvalue weighted by atomic mass is 10.0. The van der Waals surface area contributed by atoms with Crippen molar-refractivity contribution >= 4 is 0 Å². The van der Waals surface area contributed by atoms with E-state index in [1.54, 1.807) is 6.07 Å². The van der Waals surface area contributed by atoms with Crippen LogP contribution in [0.25, 0.3) is 0 Å². The summed E-state index contributed by atoms with van der Waals surface area (Å²) in [6.45, 7) is 2.85. The van der Waals surface area contributed by atoms with E-state index in [0.717, 1.165) is 51.1 Å². The predicted octanol–water partition coefficient (Wildman–Crippen LogP) is 2.30. The summed E-state index contributed by atoms with van der Waals surface area (Å²) < 4.78 is 40.3. The second-order valence-corrected chi connectivity index (χ2v) is 7.88. The molecule has 0 radical (unpaired) electrons. The smallest absolute Gasteiger partial charge is 0.388 e. The zero-order valence-electron chi connectivity index (χ0n) is 17.4. The highest BCUT2D eigenvalue weighted by atomic mass is 19.3. The fraction of sp³-hybridized carbons (Fsp3) is 0.571. The second kappa shape index (κ2) is 10.1. The molecule has 4 heterocycles. The number of nitrogens with zero attached hydrogens (tertiary/aromatic N) is 4. The Bertz CT molecular complexity index is 813. The summed E-state index contributed by atoms with van der Waals surface area (Å²) in [5.74, 6) is 1.02. The van der Waals surface area contributed by atoms with Crippen LogP contribution in [-0.4, -0.2) is 71.1 Å². The molecule has 0 aromatic carbocycles. The average Bonchev–Trinajstić information content (AvgIpc) is 2.73. The van der Waals surface area contributed by atoms with Gasteiger partial charge in [-0.15, -0.1) is 5.10 Å². The van der Waals surface area contributed by atoms with Crippen molar-refractivity contribution in [1.82, 2.24) is 25.4 Å². The third kappa shape index (κ3) is 6.20. The Hall–Kier alpha value is -2.59. The number of hydrogen-bond acceptors (Lipinski definition) is 8. The van der Waals surface area contributed by atoms with Crippen LogP contribution in [0.5, 0.6) is 17.5 Å². The first-order valence-electron chi connectivity index (χ1n) is 10.6. The standard InChI is InChI=1S/C21H27F2N5O3/c1-14(10-15-2-4-20(27-26-15)30-18-11-24-12-18)28-8-6-16(7-9-28)29-17-3-5-19(25-13-17)31-21(22)23/h2-5,13-14,16,18,21,24H,6-12H2,1H3. The summed E-state index contributed by atoms with van der Waals surface area (Å²) in [6.07, 6.45) is 4.27. The molecule has 2 saturated heterocycles. The third-order valence-electron chi connectivity index (χ3n) is 5.55. The van der Waals surface area contributed by atoms with Gasteiger partial charge >= 0.3 is 6.61 Å². The van der Waals surface area contributed by atoms with Crippen molar-refractivity contribution in [3.8, 4) is 17.5 Å². The zero-order valence-corrected chi connectivity index (χ0v) is 17.4. The molecule has 1 N–H and O–H groups in total. The molecule has 0 aliphatic carbocycles. The lowest BCUT2D eigenvalue weighted by Crippen LogP contribution is -2.50. The highest BCUT2D eigenvalue weighted by molar-refractivity contribution is 5.23. The van der Waals surface area contributed by atoms with E-state index in [-0.39, 0.29) is 18.1 Å². The van der Waals surface area contributed by atoms with Crippen LogP contribution in [-0.2, 0) is 6.42 Å². The van der Waals surface area contributed by atoms with E-state index >= 15 is 0 Å². The molecule has 2 aromatic rings. The van der Waals surface area contributed by atoms with Gasteiger partial charge in [-0.25, -0.2) is 4.98 Å². The van der Waals surface area contributed by atoms with Crippen LogP contribution in [0.2, 0.25) is 0 Å². The maximum Gasteiger partial charge on any atom is 0.388 e. The van der Waals surface area contributed by atoms with Crippen molar-refractivity contribution < 1.29 is 23.0 Å². The molecule has 0 bridgehead atoms. The number of hydrogen-bond donors (Lipinski definition) is 1. The van der Waals surface area contributed by atoms with Gasteiger partial charge in [-0.1, -0.05) is 0 Å². The summed E-state index contributed by atoms with van der Waals surface area (Å²) in [6, 6.07) is 7.20. The summed E-state index contributed by atoms with van der Waals surface area (Å²) in [5.41, 5.74) is 0.946. The molecular weight excluding hydrogens is 408 g/mol. The molecule has 2 fully saturated rings. The van der Waals surface area contributed by atoms with Crippen LogP contribution in [0.4, 0.5) is 8.78 Å². The van der Waals surface area contributed by atoms with Gasteiger partial charge in [0.05, 0.1) is 11.9 Å². The maximum atomic E-state index is 12.2. The molecule has 0 saturated carbocycles. The van der Waals surface area contributed by atoms with Crippen LogP contribution in [0.1, 0.15) is 25.5 Å². The Morgan fingerprint density at radius 3 is 2.39 bits per heavy atom. The van der Waals surface area contributed by atoms with Crippen molar-refractivity contribution in [3.63, 3.8) is 0 Å². The number of aromatic nitrogens is 3.